The largest absolute Gasteiger partial charge is 0.457 e. The van der Waals surface area contributed by atoms with Crippen LogP contribution in [0.25, 0.3) is 0 Å². The first-order chi connectivity index (χ1) is 11.1. The van der Waals surface area contributed by atoms with Crippen LogP contribution in [0.1, 0.15) is 23.1 Å². The number of ether oxygens (including phenoxy) is 1. The lowest BCUT2D eigenvalue weighted by molar-refractivity contribution is -0.120. The zero-order valence-electron chi connectivity index (χ0n) is 13.4. The Hall–Kier alpha value is -2.80. The molecule has 1 amide bonds. The molecular weight excluding hydrogens is 288 g/mol. The summed E-state index contributed by atoms with van der Waals surface area (Å²) in [6.07, 6.45) is 0.628. The van der Waals surface area contributed by atoms with Gasteiger partial charge in [-0.15, -0.1) is 0 Å². The fraction of sp³-hybridized carbons (Fsp3) is 0.263. The minimum atomic E-state index is -0.234. The van der Waals surface area contributed by atoms with Gasteiger partial charge in [-0.3, -0.25) is 4.79 Å². The van der Waals surface area contributed by atoms with Crippen molar-refractivity contribution in [1.29, 1.82) is 5.26 Å². The second kappa shape index (κ2) is 8.00. The van der Waals surface area contributed by atoms with Crippen LogP contribution in [0, 0.1) is 25.2 Å². The van der Waals surface area contributed by atoms with Gasteiger partial charge in [-0.25, -0.2) is 0 Å². The molecule has 0 aromatic heterocycles. The maximum atomic E-state index is 11.2. The van der Waals surface area contributed by atoms with E-state index in [1.165, 1.54) is 0 Å². The number of rotatable bonds is 6. The van der Waals surface area contributed by atoms with Crippen LogP contribution in [0.4, 0.5) is 0 Å². The highest BCUT2D eigenvalue weighted by molar-refractivity contribution is 5.77. The summed E-state index contributed by atoms with van der Waals surface area (Å²) in [6, 6.07) is 15.7. The Morgan fingerprint density at radius 3 is 2.39 bits per heavy atom. The predicted molar refractivity (Wildman–Crippen MR) is 89.4 cm³/mol. The van der Waals surface area contributed by atoms with Crippen molar-refractivity contribution in [3.05, 3.63) is 59.2 Å². The van der Waals surface area contributed by atoms with Gasteiger partial charge in [0.15, 0.2) is 0 Å². The van der Waals surface area contributed by atoms with Crippen LogP contribution in [-0.2, 0) is 11.2 Å². The van der Waals surface area contributed by atoms with Crippen molar-refractivity contribution in [1.82, 2.24) is 5.32 Å². The Bertz CT molecular complexity index is 695. The molecule has 0 bridgehead atoms. The first-order valence-electron chi connectivity index (χ1n) is 7.57. The smallest absolute Gasteiger partial charge is 0.234 e. The highest BCUT2D eigenvalue weighted by atomic mass is 16.5. The minimum Gasteiger partial charge on any atom is -0.457 e. The Balaban J connectivity index is 1.92. The van der Waals surface area contributed by atoms with E-state index >= 15 is 0 Å². The van der Waals surface area contributed by atoms with E-state index in [2.05, 4.69) is 5.32 Å². The topological polar surface area (TPSA) is 62.1 Å². The number of carbonyl (C=O) groups excluding carboxylic acids is 1. The fourth-order valence-electron chi connectivity index (χ4n) is 2.28. The molecule has 0 spiro atoms. The van der Waals surface area contributed by atoms with E-state index in [1.807, 2.05) is 62.4 Å². The van der Waals surface area contributed by atoms with Crippen molar-refractivity contribution < 1.29 is 9.53 Å². The molecule has 0 saturated heterocycles. The molecule has 4 nitrogen and oxygen atoms in total. The Morgan fingerprint density at radius 1 is 1.13 bits per heavy atom. The molecule has 2 aromatic rings. The lowest BCUT2D eigenvalue weighted by Gasteiger charge is -2.12. The lowest BCUT2D eigenvalue weighted by atomic mass is 10.1. The van der Waals surface area contributed by atoms with Gasteiger partial charge in [0.05, 0.1) is 6.07 Å². The SMILES string of the molecule is Cc1cccc(C)c1Oc1ccc(CCNC(=O)CC#N)cc1. The summed E-state index contributed by atoms with van der Waals surface area (Å²) in [5.74, 6) is 1.45. The molecule has 0 saturated carbocycles. The van der Waals surface area contributed by atoms with Crippen LogP contribution in [-0.4, -0.2) is 12.5 Å². The molecule has 2 aromatic carbocycles. The Labute approximate surface area is 136 Å². The third kappa shape index (κ3) is 4.86. The molecule has 2 rings (SSSR count). The molecule has 0 radical (unpaired) electrons. The average molecular weight is 308 g/mol. The van der Waals surface area contributed by atoms with E-state index in [-0.39, 0.29) is 12.3 Å². The second-order valence-corrected chi connectivity index (χ2v) is 5.40. The van der Waals surface area contributed by atoms with Gasteiger partial charge in [0.1, 0.15) is 17.9 Å². The molecule has 0 aliphatic rings. The third-order valence-corrected chi connectivity index (χ3v) is 3.53. The van der Waals surface area contributed by atoms with Crippen LogP contribution in [0.15, 0.2) is 42.5 Å². The maximum absolute atomic E-state index is 11.2. The van der Waals surface area contributed by atoms with Gasteiger partial charge in [-0.1, -0.05) is 30.3 Å². The molecule has 0 unspecified atom stereocenters. The summed E-state index contributed by atoms with van der Waals surface area (Å²) in [5.41, 5.74) is 3.32. The molecule has 0 atom stereocenters. The van der Waals surface area contributed by atoms with E-state index in [1.54, 1.807) is 0 Å². The van der Waals surface area contributed by atoms with Gasteiger partial charge in [-0.05, 0) is 49.1 Å². The van der Waals surface area contributed by atoms with Crippen LogP contribution in [0.3, 0.4) is 0 Å². The van der Waals surface area contributed by atoms with Crippen molar-refractivity contribution in [3.8, 4) is 17.6 Å². The summed E-state index contributed by atoms with van der Waals surface area (Å²) in [7, 11) is 0. The number of benzene rings is 2. The molecule has 23 heavy (non-hydrogen) atoms. The molecular formula is C19H20N2O2. The number of nitrogens with one attached hydrogen (secondary N) is 1. The number of amides is 1. The summed E-state index contributed by atoms with van der Waals surface area (Å²) < 4.78 is 5.96. The zero-order chi connectivity index (χ0) is 16.7. The van der Waals surface area contributed by atoms with Crippen molar-refractivity contribution >= 4 is 5.91 Å². The van der Waals surface area contributed by atoms with Crippen LogP contribution in [0.2, 0.25) is 0 Å². The molecule has 1 N–H and O–H groups in total. The highest BCUT2D eigenvalue weighted by Gasteiger charge is 2.05. The number of hydrogen-bond acceptors (Lipinski definition) is 3. The Kier molecular flexibility index (Phi) is 5.76. The fourth-order valence-corrected chi connectivity index (χ4v) is 2.28. The molecule has 0 aliphatic carbocycles. The van der Waals surface area contributed by atoms with Gasteiger partial charge >= 0.3 is 0 Å². The van der Waals surface area contributed by atoms with Gasteiger partial charge < -0.3 is 10.1 Å². The van der Waals surface area contributed by atoms with Crippen molar-refractivity contribution in [2.45, 2.75) is 26.7 Å². The lowest BCUT2D eigenvalue weighted by Crippen LogP contribution is -2.24. The van der Waals surface area contributed by atoms with Gasteiger partial charge in [0.25, 0.3) is 0 Å². The monoisotopic (exact) mass is 308 g/mol. The minimum absolute atomic E-state index is 0.0947. The quantitative estimate of drug-likeness (QED) is 0.885. The average Bonchev–Trinajstić information content (AvgIpc) is 2.53. The van der Waals surface area contributed by atoms with E-state index in [0.717, 1.165) is 34.6 Å². The normalized spacial score (nSPS) is 9.96. The molecule has 4 heteroatoms. The van der Waals surface area contributed by atoms with Gasteiger partial charge in [-0.2, -0.15) is 5.26 Å². The molecule has 0 fully saturated rings. The number of hydrogen-bond donors (Lipinski definition) is 1. The predicted octanol–water partition coefficient (Wildman–Crippen LogP) is 3.67. The standard InChI is InChI=1S/C19H20N2O2/c1-14-4-3-5-15(2)19(14)23-17-8-6-16(7-9-17)11-13-21-18(22)10-12-20/h3-9H,10-11,13H2,1-2H3,(H,21,22). The molecule has 118 valence electrons. The zero-order valence-corrected chi connectivity index (χ0v) is 13.4. The molecule has 0 heterocycles. The second-order valence-electron chi connectivity index (χ2n) is 5.40. The number of nitrogens with zero attached hydrogens (tertiary/aromatic N) is 1. The van der Waals surface area contributed by atoms with E-state index in [9.17, 15) is 4.79 Å². The molecule has 0 aliphatic heterocycles. The van der Waals surface area contributed by atoms with Gasteiger partial charge in [0.2, 0.25) is 5.91 Å². The maximum Gasteiger partial charge on any atom is 0.234 e. The number of para-hydroxylation sites is 1. The summed E-state index contributed by atoms with van der Waals surface area (Å²) >= 11 is 0. The van der Waals surface area contributed by atoms with Crippen molar-refractivity contribution in [2.24, 2.45) is 0 Å². The summed E-state index contributed by atoms with van der Waals surface area (Å²) in [5, 5.41) is 11.1. The van der Waals surface area contributed by atoms with Crippen LogP contribution < -0.4 is 10.1 Å². The first kappa shape index (κ1) is 16.6. The van der Waals surface area contributed by atoms with Gasteiger partial charge in [0, 0.05) is 6.54 Å². The van der Waals surface area contributed by atoms with Crippen molar-refractivity contribution in [3.63, 3.8) is 0 Å². The summed E-state index contributed by atoms with van der Waals surface area (Å²) in [4.78, 5) is 11.2. The highest BCUT2D eigenvalue weighted by Crippen LogP contribution is 2.28. The Morgan fingerprint density at radius 2 is 1.78 bits per heavy atom. The number of carbonyl (C=O) groups is 1. The third-order valence-electron chi connectivity index (χ3n) is 3.53. The number of aryl methyl sites for hydroxylation is 2. The van der Waals surface area contributed by atoms with Crippen molar-refractivity contribution in [2.75, 3.05) is 6.54 Å². The van der Waals surface area contributed by atoms with E-state index in [4.69, 9.17) is 10.00 Å². The van der Waals surface area contributed by atoms with Crippen LogP contribution >= 0.6 is 0 Å². The van der Waals surface area contributed by atoms with E-state index in [0.29, 0.717) is 6.54 Å². The number of nitriles is 1. The van der Waals surface area contributed by atoms with E-state index < -0.39 is 0 Å². The first-order valence-corrected chi connectivity index (χ1v) is 7.57. The van der Waals surface area contributed by atoms with Crippen LogP contribution in [0.5, 0.6) is 11.5 Å². The summed E-state index contributed by atoms with van der Waals surface area (Å²) in [6.45, 7) is 4.58.